The molecule has 8 nitrogen and oxygen atoms in total. The molecule has 2 fully saturated rings. The second kappa shape index (κ2) is 8.14. The second-order valence-corrected chi connectivity index (χ2v) is 11.7. The molecule has 0 atom stereocenters. The second-order valence-electron chi connectivity index (χ2n) is 8.09. The summed E-state index contributed by atoms with van der Waals surface area (Å²) in [5.74, 6) is 0.560. The fourth-order valence-electron chi connectivity index (χ4n) is 4.58. The molecule has 164 valence electrons. The van der Waals surface area contributed by atoms with Crippen LogP contribution in [0.1, 0.15) is 38.5 Å². The number of fused-ring (bicyclic) bond motifs is 1. The normalized spacial score (nSPS) is 29.1. The van der Waals surface area contributed by atoms with Gasteiger partial charge < -0.3 is 10.2 Å². The van der Waals surface area contributed by atoms with Crippen LogP contribution in [0.3, 0.4) is 0 Å². The van der Waals surface area contributed by atoms with Gasteiger partial charge in [0.25, 0.3) is 0 Å². The van der Waals surface area contributed by atoms with Crippen molar-refractivity contribution in [3.8, 4) is 0 Å². The summed E-state index contributed by atoms with van der Waals surface area (Å²) >= 11 is 6.06. The van der Waals surface area contributed by atoms with Gasteiger partial charge in [-0.3, -0.25) is 0 Å². The van der Waals surface area contributed by atoms with Gasteiger partial charge in [-0.15, -0.1) is 12.4 Å². The van der Waals surface area contributed by atoms with Crippen LogP contribution in [0, 0.1) is 5.92 Å². The molecule has 0 amide bonds. The Balaban J connectivity index is 0.00000240. The van der Waals surface area contributed by atoms with Gasteiger partial charge in [-0.25, -0.2) is 22.0 Å². The fraction of sp³-hybridized carbons (Fsp3) is 0.647. The maximum Gasteiger partial charge on any atom is 0.244 e. The van der Waals surface area contributed by atoms with Crippen LogP contribution in [0.5, 0.6) is 0 Å². The van der Waals surface area contributed by atoms with E-state index in [4.69, 9.17) is 16.7 Å². The zero-order valence-electron chi connectivity index (χ0n) is 15.9. The van der Waals surface area contributed by atoms with Crippen LogP contribution >= 0.6 is 24.0 Å². The Labute approximate surface area is 183 Å². The zero-order valence-corrected chi connectivity index (χ0v) is 19.1. The number of hydrogen-bond acceptors (Lipinski definition) is 6. The van der Waals surface area contributed by atoms with Crippen molar-refractivity contribution in [2.45, 2.75) is 54.0 Å². The predicted octanol–water partition coefficient (Wildman–Crippen LogP) is 2.10. The highest BCUT2D eigenvalue weighted by atomic mass is 35.5. The molecule has 0 bridgehead atoms. The molecule has 3 aliphatic rings. The van der Waals surface area contributed by atoms with E-state index >= 15 is 0 Å². The lowest BCUT2D eigenvalue weighted by Gasteiger charge is -2.45. The molecule has 1 saturated heterocycles. The van der Waals surface area contributed by atoms with E-state index in [-0.39, 0.29) is 22.3 Å². The van der Waals surface area contributed by atoms with E-state index in [1.54, 1.807) is 0 Å². The number of anilines is 1. The van der Waals surface area contributed by atoms with Crippen molar-refractivity contribution in [2.24, 2.45) is 11.1 Å². The van der Waals surface area contributed by atoms with E-state index in [0.717, 1.165) is 38.5 Å². The third kappa shape index (κ3) is 4.68. The molecule has 1 aromatic rings. The molecule has 1 aromatic carbocycles. The lowest BCUT2D eigenvalue weighted by Crippen LogP contribution is -2.59. The summed E-state index contributed by atoms with van der Waals surface area (Å²) in [6, 6.07) is 2.36. The molecular weight excluding hydrogens is 459 g/mol. The smallest absolute Gasteiger partial charge is 0.244 e. The van der Waals surface area contributed by atoms with Crippen LogP contribution in [0.15, 0.2) is 21.9 Å². The van der Waals surface area contributed by atoms with E-state index in [1.807, 2.05) is 0 Å². The molecule has 4 rings (SSSR count). The van der Waals surface area contributed by atoms with Gasteiger partial charge in [-0.2, -0.15) is 4.72 Å². The highest BCUT2D eigenvalue weighted by molar-refractivity contribution is 7.90. The first-order valence-corrected chi connectivity index (χ1v) is 12.9. The van der Waals surface area contributed by atoms with Crippen LogP contribution in [0.2, 0.25) is 5.02 Å². The first kappa shape index (κ1) is 23.1. The van der Waals surface area contributed by atoms with Crippen molar-refractivity contribution >= 4 is 49.7 Å². The van der Waals surface area contributed by atoms with E-state index in [1.165, 1.54) is 18.9 Å². The lowest BCUT2D eigenvalue weighted by molar-refractivity contribution is 0.186. The molecular formula is C17H26Cl2N4O4S2. The summed E-state index contributed by atoms with van der Waals surface area (Å²) in [5.41, 5.74) is -0.450. The van der Waals surface area contributed by atoms with E-state index in [2.05, 4.69) is 14.9 Å². The number of nitrogens with one attached hydrogen (secondary N) is 2. The molecule has 1 saturated carbocycles. The average Bonchev–Trinajstić information content (AvgIpc) is 3.08. The largest absolute Gasteiger partial charge is 0.365 e. The van der Waals surface area contributed by atoms with Gasteiger partial charge in [0.05, 0.1) is 10.7 Å². The van der Waals surface area contributed by atoms with Gasteiger partial charge in [-0.05, 0) is 69.7 Å². The van der Waals surface area contributed by atoms with Gasteiger partial charge in [0.1, 0.15) is 15.5 Å². The van der Waals surface area contributed by atoms with Crippen LogP contribution in [-0.4, -0.2) is 47.0 Å². The number of hydrogen-bond donors (Lipinski definition) is 3. The summed E-state index contributed by atoms with van der Waals surface area (Å²) in [5, 5.41) is 8.33. The van der Waals surface area contributed by atoms with Crippen molar-refractivity contribution in [1.29, 1.82) is 0 Å². The van der Waals surface area contributed by atoms with Crippen molar-refractivity contribution in [2.75, 3.05) is 25.0 Å². The van der Waals surface area contributed by atoms with Gasteiger partial charge in [-0.1, -0.05) is 11.6 Å². The Morgan fingerprint density at radius 3 is 2.41 bits per heavy atom. The number of halogens is 2. The van der Waals surface area contributed by atoms with E-state index in [9.17, 15) is 16.8 Å². The first-order valence-electron chi connectivity index (χ1n) is 9.49. The van der Waals surface area contributed by atoms with Crippen LogP contribution < -0.4 is 15.2 Å². The molecule has 0 aromatic heterocycles. The van der Waals surface area contributed by atoms with Crippen molar-refractivity contribution in [1.82, 2.24) is 9.62 Å². The maximum absolute atomic E-state index is 12.9. The molecule has 1 spiro atoms. The summed E-state index contributed by atoms with van der Waals surface area (Å²) < 4.78 is 51.8. The minimum Gasteiger partial charge on any atom is -0.365 e. The molecule has 29 heavy (non-hydrogen) atoms. The highest BCUT2D eigenvalue weighted by Gasteiger charge is 2.44. The van der Waals surface area contributed by atoms with Crippen molar-refractivity contribution in [3.05, 3.63) is 17.2 Å². The first-order chi connectivity index (χ1) is 13.1. The van der Waals surface area contributed by atoms with Crippen LogP contribution in [0.4, 0.5) is 5.69 Å². The Morgan fingerprint density at radius 2 is 1.83 bits per heavy atom. The summed E-state index contributed by atoms with van der Waals surface area (Å²) in [6.07, 6.45) is 5.69. The lowest BCUT2D eigenvalue weighted by atomic mass is 9.81. The van der Waals surface area contributed by atoms with Crippen LogP contribution in [0.25, 0.3) is 0 Å². The summed E-state index contributed by atoms with van der Waals surface area (Å²) in [4.78, 5) is 1.95. The number of benzene rings is 1. The van der Waals surface area contributed by atoms with Gasteiger partial charge in [0.2, 0.25) is 20.0 Å². The molecule has 2 aliphatic heterocycles. The van der Waals surface area contributed by atoms with Gasteiger partial charge in [0.15, 0.2) is 0 Å². The Kier molecular flexibility index (Phi) is 6.47. The Hall–Kier alpha value is -0.620. The number of primary sulfonamides is 1. The molecule has 1 aliphatic carbocycles. The van der Waals surface area contributed by atoms with Crippen LogP contribution in [-0.2, 0) is 20.0 Å². The molecule has 4 N–H and O–H groups in total. The number of nitrogens with two attached hydrogens (primary N) is 1. The fourth-order valence-corrected chi connectivity index (χ4v) is 7.30. The third-order valence-corrected chi connectivity index (χ3v) is 8.96. The minimum absolute atomic E-state index is 0. The molecule has 12 heteroatoms. The van der Waals surface area contributed by atoms with E-state index < -0.39 is 30.6 Å². The third-order valence-electron chi connectivity index (χ3n) is 6.01. The summed E-state index contributed by atoms with van der Waals surface area (Å²) in [6.45, 7) is 3.39. The van der Waals surface area contributed by atoms with Gasteiger partial charge in [0, 0.05) is 6.54 Å². The predicted molar refractivity (Wildman–Crippen MR) is 114 cm³/mol. The maximum atomic E-state index is 12.9. The van der Waals surface area contributed by atoms with Crippen molar-refractivity contribution < 1.29 is 16.8 Å². The Morgan fingerprint density at radius 1 is 1.21 bits per heavy atom. The van der Waals surface area contributed by atoms with Gasteiger partial charge >= 0.3 is 0 Å². The SMILES string of the molecule is Cl.NS(=O)(=O)c1cc2c(cc1Cl)NC1(CCC(CN3CCCC3)CC1)NS2(=O)=O. The monoisotopic (exact) mass is 484 g/mol. The molecule has 0 unspecified atom stereocenters. The van der Waals surface area contributed by atoms with E-state index in [0.29, 0.717) is 24.4 Å². The zero-order chi connectivity index (χ0) is 20.2. The Bertz CT molecular complexity index is 987. The standard InChI is InChI=1S/C17H25ClN4O4S2.ClH/c18-13-9-14-16(10-15(13)27(19,23)24)28(25,26)21-17(20-14)5-3-12(4-6-17)11-22-7-1-2-8-22;/h9-10,12,20-21H,1-8,11H2,(H2,19,23,24);1H. The van der Waals surface area contributed by atoms with Crippen molar-refractivity contribution in [3.63, 3.8) is 0 Å². The minimum atomic E-state index is -4.13. The molecule has 0 radical (unpaired) electrons. The quantitative estimate of drug-likeness (QED) is 0.603. The number of rotatable bonds is 3. The molecule has 2 heterocycles. The number of sulfonamides is 2. The number of likely N-dealkylation sites (tertiary alicyclic amines) is 1. The summed E-state index contributed by atoms with van der Waals surface area (Å²) in [7, 11) is -8.02. The topological polar surface area (TPSA) is 122 Å². The highest BCUT2D eigenvalue weighted by Crippen LogP contribution is 2.41. The number of nitrogens with zero attached hydrogens (tertiary/aromatic N) is 1. The average molecular weight is 485 g/mol.